The number of oxazole rings is 1. The van der Waals surface area contributed by atoms with E-state index >= 15 is 0 Å². The van der Waals surface area contributed by atoms with Gasteiger partial charge in [0.25, 0.3) is 0 Å². The third-order valence-corrected chi connectivity index (χ3v) is 3.22. The van der Waals surface area contributed by atoms with Gasteiger partial charge in [0.15, 0.2) is 0 Å². The SMILES string of the molecule is COC(=O)c1oc(-c2ccccc2)[n+](-c2ccccc2)c1O. The maximum atomic E-state index is 11.8. The number of benzene rings is 2. The lowest BCUT2D eigenvalue weighted by atomic mass is 10.2. The molecule has 0 radical (unpaired) electrons. The largest absolute Gasteiger partial charge is 0.463 e. The van der Waals surface area contributed by atoms with Crippen molar-refractivity contribution in [3.05, 3.63) is 66.4 Å². The fraction of sp³-hybridized carbons (Fsp3) is 0.0588. The van der Waals surface area contributed by atoms with Gasteiger partial charge in [-0.05, 0) is 12.1 Å². The summed E-state index contributed by atoms with van der Waals surface area (Å²) in [6.45, 7) is 0. The molecule has 0 unspecified atom stereocenters. The van der Waals surface area contributed by atoms with Crippen molar-refractivity contribution in [3.63, 3.8) is 0 Å². The summed E-state index contributed by atoms with van der Waals surface area (Å²) in [5.41, 5.74) is 1.41. The molecule has 5 nitrogen and oxygen atoms in total. The van der Waals surface area contributed by atoms with Gasteiger partial charge in [-0.1, -0.05) is 41.0 Å². The molecule has 1 heterocycles. The molecule has 0 amide bonds. The minimum atomic E-state index is -0.732. The molecule has 1 N–H and O–H groups in total. The number of rotatable bonds is 3. The summed E-state index contributed by atoms with van der Waals surface area (Å²) >= 11 is 0. The molecule has 3 aromatic rings. The van der Waals surface area contributed by atoms with Gasteiger partial charge in [0.2, 0.25) is 5.69 Å². The highest BCUT2D eigenvalue weighted by Gasteiger charge is 2.35. The Bertz CT molecular complexity index is 794. The molecule has 2 aromatic carbocycles. The van der Waals surface area contributed by atoms with Crippen LogP contribution >= 0.6 is 0 Å². The number of ether oxygens (including phenoxy) is 1. The van der Waals surface area contributed by atoms with E-state index in [2.05, 4.69) is 4.74 Å². The first-order valence-electron chi connectivity index (χ1n) is 6.69. The van der Waals surface area contributed by atoms with Gasteiger partial charge in [0.1, 0.15) is 0 Å². The Balaban J connectivity index is 2.26. The number of aromatic hydroxyl groups is 1. The Morgan fingerprint density at radius 3 is 2.23 bits per heavy atom. The molecule has 1 aromatic heterocycles. The number of carbonyl (C=O) groups is 1. The summed E-state index contributed by atoms with van der Waals surface area (Å²) in [4.78, 5) is 11.8. The zero-order valence-corrected chi connectivity index (χ0v) is 11.9. The summed E-state index contributed by atoms with van der Waals surface area (Å²) in [5, 5.41) is 10.4. The van der Waals surface area contributed by atoms with Crippen LogP contribution in [0.15, 0.2) is 65.1 Å². The fourth-order valence-electron chi connectivity index (χ4n) is 2.20. The van der Waals surface area contributed by atoms with Crippen LogP contribution in [0, 0.1) is 0 Å². The van der Waals surface area contributed by atoms with Crippen LogP contribution in [-0.2, 0) is 4.74 Å². The van der Waals surface area contributed by atoms with E-state index in [4.69, 9.17) is 4.42 Å². The van der Waals surface area contributed by atoms with Crippen LogP contribution in [0.4, 0.5) is 0 Å². The fourth-order valence-corrected chi connectivity index (χ4v) is 2.20. The minimum absolute atomic E-state index is 0.231. The van der Waals surface area contributed by atoms with Gasteiger partial charge in [-0.25, -0.2) is 4.79 Å². The molecule has 110 valence electrons. The molecule has 0 aliphatic heterocycles. The number of hydrogen-bond donors (Lipinski definition) is 1. The van der Waals surface area contributed by atoms with E-state index in [-0.39, 0.29) is 11.6 Å². The molecule has 0 aliphatic rings. The van der Waals surface area contributed by atoms with Crippen molar-refractivity contribution in [1.82, 2.24) is 0 Å². The highest BCUT2D eigenvalue weighted by atomic mass is 16.5. The Hall–Kier alpha value is -3.08. The van der Waals surface area contributed by atoms with Crippen LogP contribution in [0.2, 0.25) is 0 Å². The van der Waals surface area contributed by atoms with Gasteiger partial charge in [0.05, 0.1) is 12.7 Å². The third kappa shape index (κ3) is 2.33. The van der Waals surface area contributed by atoms with E-state index in [1.807, 2.05) is 60.7 Å². The second kappa shape index (κ2) is 5.73. The molecule has 5 heteroatoms. The molecule has 0 spiro atoms. The summed E-state index contributed by atoms with van der Waals surface area (Å²) < 4.78 is 11.7. The Labute approximate surface area is 127 Å². The molecule has 0 atom stereocenters. The number of methoxy groups -OCH3 is 1. The lowest BCUT2D eigenvalue weighted by Crippen LogP contribution is -2.31. The van der Waals surface area contributed by atoms with Gasteiger partial charge < -0.3 is 14.3 Å². The lowest BCUT2D eigenvalue weighted by Gasteiger charge is -1.96. The van der Waals surface area contributed by atoms with Crippen LogP contribution < -0.4 is 4.57 Å². The molecule has 0 bridgehead atoms. The topological polar surface area (TPSA) is 63.5 Å². The summed E-state index contributed by atoms with van der Waals surface area (Å²) in [6.07, 6.45) is 0. The summed E-state index contributed by atoms with van der Waals surface area (Å²) in [7, 11) is 1.24. The second-order valence-corrected chi connectivity index (χ2v) is 4.59. The Morgan fingerprint density at radius 1 is 1.05 bits per heavy atom. The van der Waals surface area contributed by atoms with Crippen molar-refractivity contribution in [1.29, 1.82) is 0 Å². The maximum Gasteiger partial charge on any atom is 0.426 e. The smallest absolute Gasteiger partial charge is 0.426 e. The second-order valence-electron chi connectivity index (χ2n) is 4.59. The van der Waals surface area contributed by atoms with Crippen molar-refractivity contribution in [3.8, 4) is 23.0 Å². The van der Waals surface area contributed by atoms with Crippen molar-refractivity contribution < 1.29 is 23.6 Å². The molecule has 22 heavy (non-hydrogen) atoms. The van der Waals surface area contributed by atoms with Crippen molar-refractivity contribution in [2.45, 2.75) is 0 Å². The van der Waals surface area contributed by atoms with Crippen LogP contribution in [0.5, 0.6) is 5.88 Å². The molecule has 0 saturated heterocycles. The number of hydrogen-bond acceptors (Lipinski definition) is 4. The predicted molar refractivity (Wildman–Crippen MR) is 78.7 cm³/mol. The van der Waals surface area contributed by atoms with Crippen LogP contribution in [-0.4, -0.2) is 18.2 Å². The predicted octanol–water partition coefficient (Wildman–Crippen LogP) is 2.72. The highest BCUT2D eigenvalue weighted by Crippen LogP contribution is 2.26. The average Bonchev–Trinajstić information content (AvgIpc) is 2.93. The minimum Gasteiger partial charge on any atom is -0.463 e. The Morgan fingerprint density at radius 2 is 1.64 bits per heavy atom. The Kier molecular flexibility index (Phi) is 3.62. The summed E-state index contributed by atoms with van der Waals surface area (Å²) in [5.74, 6) is -0.906. The van der Waals surface area contributed by atoms with E-state index < -0.39 is 5.97 Å². The van der Waals surface area contributed by atoms with Crippen molar-refractivity contribution in [2.24, 2.45) is 0 Å². The number of aromatic nitrogens is 1. The van der Waals surface area contributed by atoms with E-state index in [1.165, 1.54) is 11.7 Å². The first-order valence-corrected chi connectivity index (χ1v) is 6.69. The molecule has 0 fully saturated rings. The molecular formula is C17H14NO4+. The zero-order chi connectivity index (χ0) is 15.5. The van der Waals surface area contributed by atoms with Crippen molar-refractivity contribution in [2.75, 3.05) is 7.11 Å². The third-order valence-electron chi connectivity index (χ3n) is 3.22. The molecule has 0 aliphatic carbocycles. The number of carbonyl (C=O) groups excluding carboxylic acids is 1. The number of para-hydroxylation sites is 1. The van der Waals surface area contributed by atoms with Crippen molar-refractivity contribution >= 4 is 5.97 Å². The highest BCUT2D eigenvalue weighted by molar-refractivity contribution is 5.88. The van der Waals surface area contributed by atoms with E-state index in [0.717, 1.165) is 5.56 Å². The van der Waals surface area contributed by atoms with Crippen LogP contribution in [0.3, 0.4) is 0 Å². The zero-order valence-electron chi connectivity index (χ0n) is 11.9. The quantitative estimate of drug-likeness (QED) is 0.596. The maximum absolute atomic E-state index is 11.8. The lowest BCUT2D eigenvalue weighted by molar-refractivity contribution is -0.594. The first kappa shape index (κ1) is 13.9. The molecule has 3 rings (SSSR count). The van der Waals surface area contributed by atoms with Crippen LogP contribution in [0.1, 0.15) is 10.6 Å². The van der Waals surface area contributed by atoms with Gasteiger partial charge in [0, 0.05) is 12.1 Å². The number of esters is 1. The van der Waals surface area contributed by atoms with E-state index in [1.54, 1.807) is 0 Å². The van der Waals surface area contributed by atoms with E-state index in [9.17, 15) is 9.90 Å². The number of nitrogens with zero attached hydrogens (tertiary/aromatic N) is 1. The standard InChI is InChI=1S/C17H13NO4/c1-21-17(20)14-15(19)18(13-10-6-3-7-11-13)16(22-14)12-8-4-2-5-9-12/h2-11H,1H3/p+1. The van der Waals surface area contributed by atoms with Gasteiger partial charge in [-0.2, -0.15) is 0 Å². The first-order chi connectivity index (χ1) is 10.7. The monoisotopic (exact) mass is 296 g/mol. The average molecular weight is 296 g/mol. The van der Waals surface area contributed by atoms with Gasteiger partial charge in [-0.15, -0.1) is 0 Å². The van der Waals surface area contributed by atoms with Gasteiger partial charge in [-0.3, -0.25) is 0 Å². The van der Waals surface area contributed by atoms with E-state index in [0.29, 0.717) is 11.6 Å². The molecular weight excluding hydrogens is 282 g/mol. The normalized spacial score (nSPS) is 10.4. The summed E-state index contributed by atoms with van der Waals surface area (Å²) in [6, 6.07) is 18.4. The van der Waals surface area contributed by atoms with Crippen LogP contribution in [0.25, 0.3) is 17.1 Å². The molecule has 0 saturated carbocycles. The van der Waals surface area contributed by atoms with Gasteiger partial charge >= 0.3 is 23.5 Å².